The van der Waals surface area contributed by atoms with Gasteiger partial charge in [0.15, 0.2) is 17.3 Å². The molecular formula is C21H20FN5O3. The Bertz CT molecular complexity index is 1150. The third-order valence-electron chi connectivity index (χ3n) is 4.94. The molecule has 1 aliphatic rings. The Balaban J connectivity index is 1.88. The van der Waals surface area contributed by atoms with Gasteiger partial charge in [0.05, 0.1) is 19.8 Å². The smallest absolute Gasteiger partial charge is 0.248 e. The lowest BCUT2D eigenvalue weighted by Crippen LogP contribution is -2.31. The standard InChI is InChI=1S/C21H20FN5O3/c1-11-17(19(23)28)18(13-6-9-15(29-2)16(10-13)30-3)27-21(24-11)25-20(26-27)12-4-7-14(22)8-5-12/h4-10,18H,1-3H3,(H2,23,28)(H,24,25,26)/t18-/m1/s1. The number of primary amides is 1. The minimum Gasteiger partial charge on any atom is -0.493 e. The molecule has 8 nitrogen and oxygen atoms in total. The molecule has 1 atom stereocenters. The Morgan fingerprint density at radius 2 is 1.83 bits per heavy atom. The molecule has 1 aromatic heterocycles. The first-order chi connectivity index (χ1) is 14.4. The lowest BCUT2D eigenvalue weighted by Gasteiger charge is -2.28. The first kappa shape index (κ1) is 19.4. The van der Waals surface area contributed by atoms with Gasteiger partial charge in [0.2, 0.25) is 11.9 Å². The Kier molecular flexibility index (Phi) is 4.86. The van der Waals surface area contributed by atoms with Gasteiger partial charge in [-0.15, -0.1) is 5.10 Å². The van der Waals surface area contributed by atoms with Crippen molar-refractivity contribution in [2.24, 2.45) is 5.73 Å². The second-order valence-corrected chi connectivity index (χ2v) is 6.76. The van der Waals surface area contributed by atoms with Crippen molar-refractivity contribution in [2.75, 3.05) is 19.5 Å². The number of anilines is 1. The molecular weight excluding hydrogens is 389 g/mol. The van der Waals surface area contributed by atoms with Crippen LogP contribution < -0.4 is 20.5 Å². The summed E-state index contributed by atoms with van der Waals surface area (Å²) in [4.78, 5) is 16.8. The molecule has 30 heavy (non-hydrogen) atoms. The molecule has 3 aromatic rings. The number of nitrogens with zero attached hydrogens (tertiary/aromatic N) is 3. The van der Waals surface area contributed by atoms with Gasteiger partial charge >= 0.3 is 0 Å². The second kappa shape index (κ2) is 7.51. The average Bonchev–Trinajstić information content (AvgIpc) is 3.15. The molecule has 9 heteroatoms. The molecule has 0 spiro atoms. The maximum absolute atomic E-state index is 13.3. The molecule has 4 rings (SSSR count). The molecule has 2 aromatic carbocycles. The zero-order chi connectivity index (χ0) is 21.4. The quantitative estimate of drug-likeness (QED) is 0.672. The molecule has 1 aliphatic heterocycles. The molecule has 1 amide bonds. The number of carbonyl (C=O) groups is 1. The summed E-state index contributed by atoms with van der Waals surface area (Å²) in [7, 11) is 3.08. The minimum absolute atomic E-state index is 0.349. The van der Waals surface area contributed by atoms with E-state index in [1.807, 2.05) is 6.07 Å². The predicted octanol–water partition coefficient (Wildman–Crippen LogP) is 2.88. The summed E-state index contributed by atoms with van der Waals surface area (Å²) in [6, 6.07) is 10.6. The van der Waals surface area contributed by atoms with E-state index in [1.165, 1.54) is 19.2 Å². The number of rotatable bonds is 5. The minimum atomic E-state index is -0.625. The van der Waals surface area contributed by atoms with Crippen LogP contribution in [0.1, 0.15) is 18.5 Å². The fourth-order valence-corrected chi connectivity index (χ4v) is 3.52. The van der Waals surface area contributed by atoms with E-state index in [0.29, 0.717) is 40.1 Å². The number of nitrogens with two attached hydrogens (primary N) is 1. The van der Waals surface area contributed by atoms with Gasteiger partial charge in [-0.3, -0.25) is 4.79 Å². The lowest BCUT2D eigenvalue weighted by molar-refractivity contribution is -0.115. The Labute approximate surface area is 172 Å². The van der Waals surface area contributed by atoms with Crippen molar-refractivity contribution in [3.63, 3.8) is 0 Å². The van der Waals surface area contributed by atoms with Gasteiger partial charge in [-0.05, 0) is 48.9 Å². The first-order valence-electron chi connectivity index (χ1n) is 9.15. The van der Waals surface area contributed by atoms with Crippen molar-refractivity contribution in [1.29, 1.82) is 0 Å². The summed E-state index contributed by atoms with van der Waals surface area (Å²) in [5.74, 6) is 0.970. The van der Waals surface area contributed by atoms with Crippen LogP contribution in [0, 0.1) is 5.82 Å². The van der Waals surface area contributed by atoms with Crippen LogP contribution in [0.5, 0.6) is 11.5 Å². The number of amides is 1. The van der Waals surface area contributed by atoms with Crippen LogP contribution in [0.15, 0.2) is 53.7 Å². The molecule has 2 heterocycles. The van der Waals surface area contributed by atoms with Crippen molar-refractivity contribution in [1.82, 2.24) is 14.8 Å². The van der Waals surface area contributed by atoms with Gasteiger partial charge in [0.1, 0.15) is 11.9 Å². The number of nitrogens with one attached hydrogen (secondary N) is 1. The zero-order valence-electron chi connectivity index (χ0n) is 16.6. The summed E-state index contributed by atoms with van der Waals surface area (Å²) in [6.45, 7) is 1.75. The summed E-state index contributed by atoms with van der Waals surface area (Å²) in [5.41, 5.74) is 8.00. The van der Waals surface area contributed by atoms with E-state index in [9.17, 15) is 9.18 Å². The van der Waals surface area contributed by atoms with Crippen molar-refractivity contribution in [2.45, 2.75) is 13.0 Å². The van der Waals surface area contributed by atoms with Crippen LogP contribution in [0.2, 0.25) is 0 Å². The summed E-state index contributed by atoms with van der Waals surface area (Å²) in [6.07, 6.45) is 0. The maximum atomic E-state index is 13.3. The number of carbonyl (C=O) groups excluding carboxylic acids is 1. The predicted molar refractivity (Wildman–Crippen MR) is 109 cm³/mol. The number of ether oxygens (including phenoxy) is 2. The summed E-state index contributed by atoms with van der Waals surface area (Å²) >= 11 is 0. The lowest BCUT2D eigenvalue weighted by atomic mass is 9.95. The first-order valence-corrected chi connectivity index (χ1v) is 9.15. The number of hydrogen-bond donors (Lipinski definition) is 2. The van der Waals surface area contributed by atoms with Gasteiger partial charge in [0.25, 0.3) is 0 Å². The number of allylic oxidation sites excluding steroid dienone is 1. The number of aromatic nitrogens is 3. The van der Waals surface area contributed by atoms with Crippen LogP contribution >= 0.6 is 0 Å². The maximum Gasteiger partial charge on any atom is 0.248 e. The molecule has 0 unspecified atom stereocenters. The van der Waals surface area contributed by atoms with Gasteiger partial charge < -0.3 is 20.5 Å². The SMILES string of the molecule is COc1ccc([C@@H]2C(C(N)=O)=C(C)Nc3nc(-c4ccc(F)cc4)nn32)cc1OC. The highest BCUT2D eigenvalue weighted by atomic mass is 19.1. The summed E-state index contributed by atoms with van der Waals surface area (Å²) in [5, 5.41) is 7.66. The van der Waals surface area contributed by atoms with Crippen LogP contribution in [-0.2, 0) is 4.79 Å². The highest BCUT2D eigenvalue weighted by Crippen LogP contribution is 2.39. The average molecular weight is 409 g/mol. The number of benzene rings is 2. The van der Waals surface area contributed by atoms with Crippen molar-refractivity contribution >= 4 is 11.9 Å². The van der Waals surface area contributed by atoms with Crippen LogP contribution in [0.3, 0.4) is 0 Å². The van der Waals surface area contributed by atoms with E-state index in [4.69, 9.17) is 15.2 Å². The summed E-state index contributed by atoms with van der Waals surface area (Å²) < 4.78 is 25.6. The third-order valence-corrected chi connectivity index (χ3v) is 4.94. The van der Waals surface area contributed by atoms with E-state index < -0.39 is 11.9 Å². The highest BCUT2D eigenvalue weighted by molar-refractivity contribution is 5.95. The van der Waals surface area contributed by atoms with Crippen LogP contribution in [-0.4, -0.2) is 34.9 Å². The number of fused-ring (bicyclic) bond motifs is 1. The fourth-order valence-electron chi connectivity index (χ4n) is 3.52. The molecule has 0 saturated carbocycles. The van der Waals surface area contributed by atoms with Gasteiger partial charge in [-0.2, -0.15) is 4.98 Å². The molecule has 0 fully saturated rings. The van der Waals surface area contributed by atoms with E-state index >= 15 is 0 Å². The highest BCUT2D eigenvalue weighted by Gasteiger charge is 2.34. The third kappa shape index (κ3) is 3.24. The fraction of sp³-hybridized carbons (Fsp3) is 0.190. The van der Waals surface area contributed by atoms with E-state index in [0.717, 1.165) is 5.56 Å². The molecule has 3 N–H and O–H groups in total. The molecule has 0 radical (unpaired) electrons. The Morgan fingerprint density at radius 3 is 2.47 bits per heavy atom. The topological polar surface area (TPSA) is 104 Å². The zero-order valence-corrected chi connectivity index (χ0v) is 16.6. The van der Waals surface area contributed by atoms with Gasteiger partial charge in [0, 0.05) is 11.3 Å². The second-order valence-electron chi connectivity index (χ2n) is 6.76. The van der Waals surface area contributed by atoms with E-state index in [2.05, 4.69) is 15.4 Å². The normalized spacial score (nSPS) is 15.4. The number of methoxy groups -OCH3 is 2. The van der Waals surface area contributed by atoms with E-state index in [-0.39, 0.29) is 5.82 Å². The monoisotopic (exact) mass is 409 g/mol. The van der Waals surface area contributed by atoms with Crippen LogP contribution in [0.25, 0.3) is 11.4 Å². The van der Waals surface area contributed by atoms with Crippen molar-refractivity contribution < 1.29 is 18.7 Å². The van der Waals surface area contributed by atoms with Crippen LogP contribution in [0.4, 0.5) is 10.3 Å². The van der Waals surface area contributed by atoms with Gasteiger partial charge in [-0.1, -0.05) is 6.07 Å². The molecule has 0 aliphatic carbocycles. The molecule has 0 saturated heterocycles. The number of halogens is 1. The Morgan fingerprint density at radius 1 is 1.13 bits per heavy atom. The largest absolute Gasteiger partial charge is 0.493 e. The van der Waals surface area contributed by atoms with Gasteiger partial charge in [-0.25, -0.2) is 9.07 Å². The Hall–Kier alpha value is -3.88. The molecule has 154 valence electrons. The van der Waals surface area contributed by atoms with Crippen molar-refractivity contribution in [3.05, 3.63) is 65.1 Å². The van der Waals surface area contributed by atoms with Crippen molar-refractivity contribution in [3.8, 4) is 22.9 Å². The molecule has 0 bridgehead atoms. The van der Waals surface area contributed by atoms with E-state index in [1.54, 1.807) is 43.0 Å². The number of hydrogen-bond acceptors (Lipinski definition) is 6.